The van der Waals surface area contributed by atoms with Crippen LogP contribution in [0.5, 0.6) is 0 Å². The zero-order valence-corrected chi connectivity index (χ0v) is 12.9. The largest absolute Gasteiger partial charge is 0.391 e. The molecule has 9 heteroatoms. The summed E-state index contributed by atoms with van der Waals surface area (Å²) in [6, 6.07) is -1.79. The monoisotopic (exact) mass is 313 g/mol. The van der Waals surface area contributed by atoms with Crippen molar-refractivity contribution in [1.82, 2.24) is 10.6 Å². The van der Waals surface area contributed by atoms with E-state index >= 15 is 0 Å². The van der Waals surface area contributed by atoms with Crippen LogP contribution in [0.15, 0.2) is 5.11 Å². The molecule has 0 saturated carbocycles. The van der Waals surface area contributed by atoms with E-state index < -0.39 is 24.1 Å². The van der Waals surface area contributed by atoms with Crippen molar-refractivity contribution in [3.63, 3.8) is 0 Å². The third-order valence-corrected chi connectivity index (χ3v) is 2.97. The molecule has 0 heterocycles. The van der Waals surface area contributed by atoms with Gasteiger partial charge in [-0.1, -0.05) is 11.5 Å². The van der Waals surface area contributed by atoms with Gasteiger partial charge in [0.2, 0.25) is 11.8 Å². The average molecular weight is 313 g/mol. The lowest BCUT2D eigenvalue weighted by Gasteiger charge is -2.19. The molecule has 3 N–H and O–H groups in total. The van der Waals surface area contributed by atoms with Crippen LogP contribution in [0.25, 0.3) is 10.4 Å². The molecular formula is C13H23N5O4. The Morgan fingerprint density at radius 2 is 1.95 bits per heavy atom. The lowest BCUT2D eigenvalue weighted by molar-refractivity contribution is -0.130. The first kappa shape index (κ1) is 19.9. The summed E-state index contributed by atoms with van der Waals surface area (Å²) in [5, 5.41) is 17.5. The van der Waals surface area contributed by atoms with Gasteiger partial charge >= 0.3 is 0 Å². The summed E-state index contributed by atoms with van der Waals surface area (Å²) in [6.07, 6.45) is 1.80. The van der Waals surface area contributed by atoms with E-state index in [-0.39, 0.29) is 12.3 Å². The van der Waals surface area contributed by atoms with Gasteiger partial charge in [0, 0.05) is 17.9 Å². The van der Waals surface area contributed by atoms with E-state index in [4.69, 9.17) is 5.53 Å². The second-order valence-corrected chi connectivity index (χ2v) is 4.97. The third kappa shape index (κ3) is 8.93. The van der Waals surface area contributed by atoms with Gasteiger partial charge in [0.05, 0.1) is 6.10 Å². The fourth-order valence-corrected chi connectivity index (χ4v) is 1.63. The molecule has 0 aromatic heterocycles. The van der Waals surface area contributed by atoms with E-state index in [1.165, 1.54) is 13.8 Å². The molecule has 0 aromatic carbocycles. The van der Waals surface area contributed by atoms with Gasteiger partial charge in [0.15, 0.2) is 0 Å². The number of carbonyl (C=O) groups excluding carboxylic acids is 3. The highest BCUT2D eigenvalue weighted by Gasteiger charge is 2.21. The lowest BCUT2D eigenvalue weighted by atomic mass is 10.1. The highest BCUT2D eigenvalue weighted by atomic mass is 16.3. The lowest BCUT2D eigenvalue weighted by Crippen LogP contribution is -2.51. The average Bonchev–Trinajstić information content (AvgIpc) is 2.47. The van der Waals surface area contributed by atoms with Gasteiger partial charge in [-0.15, -0.1) is 0 Å². The summed E-state index contributed by atoms with van der Waals surface area (Å²) in [6.45, 7) is 3.29. The molecular weight excluding hydrogens is 290 g/mol. The minimum Gasteiger partial charge on any atom is -0.391 e. The maximum Gasteiger partial charge on any atom is 0.242 e. The molecule has 3 atom stereocenters. The number of aliphatic hydroxyl groups is 1. The van der Waals surface area contributed by atoms with E-state index in [9.17, 15) is 19.5 Å². The summed E-state index contributed by atoms with van der Waals surface area (Å²) in [4.78, 5) is 36.7. The zero-order chi connectivity index (χ0) is 17.0. The number of nitrogens with one attached hydrogen (secondary N) is 2. The summed E-state index contributed by atoms with van der Waals surface area (Å²) in [5.41, 5.74) is 8.10. The van der Waals surface area contributed by atoms with Gasteiger partial charge in [-0.05, 0) is 32.2 Å². The normalized spacial score (nSPS) is 14.1. The molecule has 0 bridgehead atoms. The number of unbranched alkanes of at least 4 members (excludes halogenated alkanes) is 2. The smallest absolute Gasteiger partial charge is 0.242 e. The summed E-state index contributed by atoms with van der Waals surface area (Å²) in [7, 11) is 0. The van der Waals surface area contributed by atoms with E-state index in [0.717, 1.165) is 6.42 Å². The Bertz CT molecular complexity index is 421. The van der Waals surface area contributed by atoms with Crippen LogP contribution in [0.2, 0.25) is 0 Å². The Balaban J connectivity index is 4.00. The topological polar surface area (TPSA) is 144 Å². The molecule has 0 aliphatic heterocycles. The van der Waals surface area contributed by atoms with Crippen molar-refractivity contribution in [3.05, 3.63) is 10.4 Å². The molecule has 124 valence electrons. The van der Waals surface area contributed by atoms with Gasteiger partial charge < -0.3 is 20.5 Å². The van der Waals surface area contributed by atoms with Crippen molar-refractivity contribution in [1.29, 1.82) is 0 Å². The molecule has 0 aliphatic carbocycles. The molecule has 0 aliphatic rings. The number of carbonyl (C=O) groups is 3. The first-order valence-electron chi connectivity index (χ1n) is 7.16. The predicted molar refractivity (Wildman–Crippen MR) is 79.8 cm³/mol. The van der Waals surface area contributed by atoms with Crippen molar-refractivity contribution < 1.29 is 19.5 Å². The van der Waals surface area contributed by atoms with E-state index in [1.54, 1.807) is 0 Å². The van der Waals surface area contributed by atoms with Crippen LogP contribution in [-0.2, 0) is 14.4 Å². The van der Waals surface area contributed by atoms with Crippen molar-refractivity contribution in [2.24, 2.45) is 5.11 Å². The molecule has 0 spiro atoms. The zero-order valence-electron chi connectivity index (χ0n) is 12.9. The van der Waals surface area contributed by atoms with Crippen LogP contribution in [-0.4, -0.2) is 47.9 Å². The Morgan fingerprint density at radius 1 is 1.27 bits per heavy atom. The summed E-state index contributed by atoms with van der Waals surface area (Å²) >= 11 is 0. The SMILES string of the molecule is C[C@@H](NC(=O)CCCCCN=[N+]=[N-])C(=O)N[C@H](C=O)[C@@H](C)O. The van der Waals surface area contributed by atoms with E-state index in [1.807, 2.05) is 0 Å². The summed E-state index contributed by atoms with van der Waals surface area (Å²) < 4.78 is 0. The number of amides is 2. The fraction of sp³-hybridized carbons (Fsp3) is 0.769. The number of aliphatic hydroxyl groups excluding tert-OH is 1. The Labute approximate surface area is 129 Å². The summed E-state index contributed by atoms with van der Waals surface area (Å²) in [5.74, 6) is -0.805. The van der Waals surface area contributed by atoms with E-state index in [2.05, 4.69) is 20.7 Å². The molecule has 0 rings (SSSR count). The van der Waals surface area contributed by atoms with Crippen molar-refractivity contribution in [2.45, 2.75) is 57.7 Å². The number of hydrogen-bond donors (Lipinski definition) is 3. The number of rotatable bonds is 11. The van der Waals surface area contributed by atoms with Gasteiger partial charge in [-0.2, -0.15) is 0 Å². The predicted octanol–water partition coefficient (Wildman–Crippen LogP) is 0.426. The Morgan fingerprint density at radius 3 is 2.50 bits per heavy atom. The van der Waals surface area contributed by atoms with E-state index in [0.29, 0.717) is 25.7 Å². The molecule has 2 amide bonds. The maximum absolute atomic E-state index is 11.8. The van der Waals surface area contributed by atoms with Crippen molar-refractivity contribution >= 4 is 18.1 Å². The first-order chi connectivity index (χ1) is 10.4. The number of hydrogen-bond acceptors (Lipinski definition) is 5. The number of nitrogens with zero attached hydrogens (tertiary/aromatic N) is 3. The molecule has 0 fully saturated rings. The minimum absolute atomic E-state index is 0.265. The maximum atomic E-state index is 11.8. The van der Waals surface area contributed by atoms with Gasteiger partial charge in [0.1, 0.15) is 18.4 Å². The third-order valence-electron chi connectivity index (χ3n) is 2.97. The number of aldehydes is 1. The molecule has 22 heavy (non-hydrogen) atoms. The number of azide groups is 1. The fourth-order valence-electron chi connectivity index (χ4n) is 1.63. The van der Waals surface area contributed by atoms with Crippen LogP contribution in [0, 0.1) is 0 Å². The van der Waals surface area contributed by atoms with Crippen molar-refractivity contribution in [2.75, 3.05) is 6.54 Å². The van der Waals surface area contributed by atoms with Crippen LogP contribution in [0.4, 0.5) is 0 Å². The molecule has 0 aromatic rings. The van der Waals surface area contributed by atoms with Crippen LogP contribution < -0.4 is 10.6 Å². The molecule has 0 radical (unpaired) electrons. The Hall–Kier alpha value is -2.12. The molecule has 0 saturated heterocycles. The highest BCUT2D eigenvalue weighted by Crippen LogP contribution is 2.01. The van der Waals surface area contributed by atoms with Crippen LogP contribution in [0.3, 0.4) is 0 Å². The van der Waals surface area contributed by atoms with Crippen molar-refractivity contribution in [3.8, 4) is 0 Å². The minimum atomic E-state index is -1.000. The van der Waals surface area contributed by atoms with Gasteiger partial charge in [-0.3, -0.25) is 9.59 Å². The van der Waals surface area contributed by atoms with Gasteiger partial charge in [0.25, 0.3) is 0 Å². The second-order valence-electron chi connectivity index (χ2n) is 4.97. The highest BCUT2D eigenvalue weighted by molar-refractivity contribution is 5.88. The first-order valence-corrected chi connectivity index (χ1v) is 7.16. The standard InChI is InChI=1S/C13H23N5O4/c1-9(13(22)17-11(8-19)10(2)20)16-12(21)6-4-3-5-7-15-18-14/h8-11,20H,3-7H2,1-2H3,(H,16,21)(H,17,22)/t9-,10-,11-/m1/s1. The molecule has 9 nitrogen and oxygen atoms in total. The van der Waals surface area contributed by atoms with Crippen LogP contribution >= 0.6 is 0 Å². The quantitative estimate of drug-likeness (QED) is 0.167. The van der Waals surface area contributed by atoms with Crippen LogP contribution in [0.1, 0.15) is 39.5 Å². The Kier molecular flexibility index (Phi) is 10.4. The van der Waals surface area contributed by atoms with Gasteiger partial charge in [-0.25, -0.2) is 0 Å². The second kappa shape index (κ2) is 11.5. The molecule has 0 unspecified atom stereocenters.